The van der Waals surface area contributed by atoms with Gasteiger partial charge in [-0.25, -0.2) is 13.2 Å². The molecule has 1 aromatic heterocycles. The zero-order valence-corrected chi connectivity index (χ0v) is 16.7. The number of sulfone groups is 1. The van der Waals surface area contributed by atoms with Crippen LogP contribution in [0.2, 0.25) is 5.02 Å². The van der Waals surface area contributed by atoms with Crippen molar-refractivity contribution in [1.82, 2.24) is 20.5 Å². The number of H-pyrrole nitrogens is 1. The van der Waals surface area contributed by atoms with Gasteiger partial charge in [0.25, 0.3) is 0 Å². The minimum absolute atomic E-state index is 0.0357. The molecule has 1 atom stereocenters. The van der Waals surface area contributed by atoms with Gasteiger partial charge in [-0.3, -0.25) is 4.79 Å². The Bertz CT molecular complexity index is 1050. The second kappa shape index (κ2) is 7.29. The van der Waals surface area contributed by atoms with Crippen LogP contribution in [0, 0.1) is 0 Å². The number of nitrogens with one attached hydrogen (secondary N) is 3. The molecule has 3 amide bonds. The maximum atomic E-state index is 12.4. The van der Waals surface area contributed by atoms with E-state index < -0.39 is 9.84 Å². The molecule has 1 saturated heterocycles. The number of amides is 3. The fraction of sp³-hybridized carbons (Fsp3) is 0.444. The van der Waals surface area contributed by atoms with Gasteiger partial charge in [-0.15, -0.1) is 0 Å². The number of halogens is 1. The number of carbonyl (C=O) groups excluding carboxylic acids is 2. The van der Waals surface area contributed by atoms with Crippen molar-refractivity contribution in [3.63, 3.8) is 0 Å². The Hall–Kier alpha value is -2.26. The zero-order valence-electron chi connectivity index (χ0n) is 15.1. The summed E-state index contributed by atoms with van der Waals surface area (Å²) in [4.78, 5) is 29.4. The molecule has 0 saturated carbocycles. The lowest BCUT2D eigenvalue weighted by molar-refractivity contribution is -0.120. The molecule has 0 aliphatic carbocycles. The molecular formula is C18H21ClN4O4S. The van der Waals surface area contributed by atoms with Gasteiger partial charge in [-0.05, 0) is 36.6 Å². The first-order valence-corrected chi connectivity index (χ1v) is 11.3. The Labute approximate surface area is 167 Å². The summed E-state index contributed by atoms with van der Waals surface area (Å²) in [6.07, 6.45) is 1.12. The molecule has 0 spiro atoms. The molecule has 3 heterocycles. The van der Waals surface area contributed by atoms with Gasteiger partial charge >= 0.3 is 6.03 Å². The number of hydrogen-bond acceptors (Lipinski definition) is 4. The van der Waals surface area contributed by atoms with Crippen molar-refractivity contribution in [2.75, 3.05) is 24.6 Å². The van der Waals surface area contributed by atoms with Crippen LogP contribution in [0.3, 0.4) is 0 Å². The lowest BCUT2D eigenvalue weighted by atomic mass is 10.0. The molecule has 8 nitrogen and oxygen atoms in total. The van der Waals surface area contributed by atoms with Crippen LogP contribution in [-0.2, 0) is 27.6 Å². The average molecular weight is 425 g/mol. The van der Waals surface area contributed by atoms with Crippen molar-refractivity contribution in [3.05, 3.63) is 34.5 Å². The molecule has 0 bridgehead atoms. The second-order valence-corrected chi connectivity index (χ2v) is 9.93. The Balaban J connectivity index is 1.32. The molecule has 10 heteroatoms. The molecule has 0 unspecified atom stereocenters. The normalized spacial score (nSPS) is 20.8. The van der Waals surface area contributed by atoms with Crippen molar-refractivity contribution in [1.29, 1.82) is 0 Å². The van der Waals surface area contributed by atoms with E-state index in [2.05, 4.69) is 15.6 Å². The third-order valence-electron chi connectivity index (χ3n) is 5.22. The zero-order chi connectivity index (χ0) is 19.9. The highest BCUT2D eigenvalue weighted by Crippen LogP contribution is 2.29. The first-order valence-electron chi connectivity index (χ1n) is 9.12. The van der Waals surface area contributed by atoms with Crippen LogP contribution in [0.25, 0.3) is 10.9 Å². The molecule has 4 rings (SSSR count). The molecule has 150 valence electrons. The molecule has 28 heavy (non-hydrogen) atoms. The van der Waals surface area contributed by atoms with Gasteiger partial charge in [0.2, 0.25) is 5.91 Å². The predicted molar refractivity (Wildman–Crippen MR) is 106 cm³/mol. The largest absolute Gasteiger partial charge is 0.357 e. The third kappa shape index (κ3) is 3.95. The maximum Gasteiger partial charge on any atom is 0.318 e. The lowest BCUT2D eigenvalue weighted by Crippen LogP contribution is -2.47. The Morgan fingerprint density at radius 2 is 2.14 bits per heavy atom. The summed E-state index contributed by atoms with van der Waals surface area (Å²) in [5, 5.41) is 7.03. The molecule has 2 aliphatic heterocycles. The van der Waals surface area contributed by atoms with Gasteiger partial charge in [0.05, 0.1) is 24.6 Å². The van der Waals surface area contributed by atoms with E-state index in [0.717, 1.165) is 16.6 Å². The highest BCUT2D eigenvalue weighted by Gasteiger charge is 2.29. The fourth-order valence-electron chi connectivity index (χ4n) is 3.84. The summed E-state index contributed by atoms with van der Waals surface area (Å²) in [6, 6.07) is 4.98. The van der Waals surface area contributed by atoms with E-state index >= 15 is 0 Å². The highest BCUT2D eigenvalue weighted by atomic mass is 35.5. The van der Waals surface area contributed by atoms with Crippen molar-refractivity contribution >= 4 is 44.3 Å². The van der Waals surface area contributed by atoms with Gasteiger partial charge in [0.15, 0.2) is 9.84 Å². The molecule has 2 aromatic rings. The smallest absolute Gasteiger partial charge is 0.318 e. The summed E-state index contributed by atoms with van der Waals surface area (Å²) in [5.74, 6) is -0.323. The Morgan fingerprint density at radius 1 is 1.32 bits per heavy atom. The summed E-state index contributed by atoms with van der Waals surface area (Å²) < 4.78 is 22.9. The number of urea groups is 1. The van der Waals surface area contributed by atoms with Crippen molar-refractivity contribution in [2.45, 2.75) is 25.4 Å². The summed E-state index contributed by atoms with van der Waals surface area (Å²) >= 11 is 6.08. The number of aromatic nitrogens is 1. The Kier molecular flexibility index (Phi) is 4.96. The van der Waals surface area contributed by atoms with E-state index in [9.17, 15) is 18.0 Å². The number of carbonyl (C=O) groups is 2. The first kappa shape index (κ1) is 19.1. The number of hydrogen-bond donors (Lipinski definition) is 3. The maximum absolute atomic E-state index is 12.4. The molecular weight excluding hydrogens is 404 g/mol. The van der Waals surface area contributed by atoms with Crippen LogP contribution in [0.5, 0.6) is 0 Å². The van der Waals surface area contributed by atoms with Gasteiger partial charge in [-0.2, -0.15) is 0 Å². The molecule has 0 radical (unpaired) electrons. The monoisotopic (exact) mass is 424 g/mol. The van der Waals surface area contributed by atoms with Crippen LogP contribution in [0.4, 0.5) is 4.79 Å². The van der Waals surface area contributed by atoms with Gasteiger partial charge in [0.1, 0.15) is 0 Å². The van der Waals surface area contributed by atoms with Crippen molar-refractivity contribution < 1.29 is 18.0 Å². The van der Waals surface area contributed by atoms with E-state index in [4.69, 9.17) is 11.6 Å². The number of fused-ring (bicyclic) bond motifs is 3. The second-order valence-electron chi connectivity index (χ2n) is 7.27. The van der Waals surface area contributed by atoms with E-state index in [1.807, 2.05) is 18.2 Å². The van der Waals surface area contributed by atoms with E-state index in [-0.39, 0.29) is 36.0 Å². The topological polar surface area (TPSA) is 111 Å². The van der Waals surface area contributed by atoms with E-state index in [0.29, 0.717) is 31.0 Å². The van der Waals surface area contributed by atoms with Gasteiger partial charge < -0.3 is 20.5 Å². The third-order valence-corrected chi connectivity index (χ3v) is 7.23. The first-order chi connectivity index (χ1) is 13.3. The van der Waals surface area contributed by atoms with Crippen molar-refractivity contribution in [2.24, 2.45) is 0 Å². The summed E-state index contributed by atoms with van der Waals surface area (Å²) in [5.41, 5.74) is 3.13. The number of rotatable bonds is 3. The summed E-state index contributed by atoms with van der Waals surface area (Å²) in [6.45, 7) is 0.789. The van der Waals surface area contributed by atoms with E-state index in [1.54, 1.807) is 4.90 Å². The highest BCUT2D eigenvalue weighted by molar-refractivity contribution is 7.91. The summed E-state index contributed by atoms with van der Waals surface area (Å²) in [7, 11) is -3.05. The van der Waals surface area contributed by atoms with Crippen molar-refractivity contribution in [3.8, 4) is 0 Å². The molecule has 2 aliphatic rings. The average Bonchev–Trinajstić information content (AvgIpc) is 3.18. The Morgan fingerprint density at radius 3 is 2.89 bits per heavy atom. The molecule has 1 fully saturated rings. The fourth-order valence-corrected chi connectivity index (χ4v) is 5.69. The van der Waals surface area contributed by atoms with Crippen LogP contribution in [-0.4, -0.2) is 60.9 Å². The number of benzene rings is 1. The van der Waals surface area contributed by atoms with Crippen LogP contribution < -0.4 is 10.6 Å². The predicted octanol–water partition coefficient (Wildman–Crippen LogP) is 1.19. The van der Waals surface area contributed by atoms with Crippen LogP contribution in [0.15, 0.2) is 18.2 Å². The quantitative estimate of drug-likeness (QED) is 0.687. The van der Waals surface area contributed by atoms with Crippen LogP contribution in [0.1, 0.15) is 17.7 Å². The van der Waals surface area contributed by atoms with Gasteiger partial charge in [-0.1, -0.05) is 11.6 Å². The lowest BCUT2D eigenvalue weighted by Gasteiger charge is -2.27. The minimum atomic E-state index is -3.05. The number of nitrogens with zero attached hydrogens (tertiary/aromatic N) is 1. The van der Waals surface area contributed by atoms with E-state index in [1.165, 1.54) is 5.56 Å². The molecule has 3 N–H and O–H groups in total. The minimum Gasteiger partial charge on any atom is -0.357 e. The standard InChI is InChI=1S/C18H21ClN4O4S/c19-11-1-2-15-14(7-11)13-3-5-23(9-16(13)22-15)18(25)20-8-17(24)21-12-4-6-28(26,27)10-12/h1-2,7,12,22H,3-6,8-10H2,(H,20,25)(H,21,24)/t12-/m1/s1. The SMILES string of the molecule is O=C(CNC(=O)N1CCc2c([nH]c3ccc(Cl)cc23)C1)N[C@@H]1CCS(=O)(=O)C1. The number of aromatic amines is 1. The van der Waals surface area contributed by atoms with Crippen LogP contribution >= 0.6 is 11.6 Å². The van der Waals surface area contributed by atoms with Gasteiger partial charge in [0, 0.05) is 34.2 Å². The molecule has 1 aromatic carbocycles.